The summed E-state index contributed by atoms with van der Waals surface area (Å²) >= 11 is 0. The molecule has 0 aromatic heterocycles. The van der Waals surface area contributed by atoms with Crippen molar-refractivity contribution in [3.63, 3.8) is 0 Å². The molecule has 0 rings (SSSR count). The fourth-order valence-electron chi connectivity index (χ4n) is 1.65. The van der Waals surface area contributed by atoms with Gasteiger partial charge < -0.3 is 11.1 Å². The summed E-state index contributed by atoms with van der Waals surface area (Å²) in [5, 5.41) is 3.34. The fraction of sp³-hybridized carbons (Fsp3) is 0.917. The van der Waals surface area contributed by atoms with Crippen molar-refractivity contribution in [3.05, 3.63) is 0 Å². The number of unbranched alkanes of at least 4 members (excludes halogenated alkanes) is 1. The maximum absolute atomic E-state index is 11.5. The molecule has 0 aliphatic carbocycles. The number of amides is 1. The predicted octanol–water partition coefficient (Wildman–Crippen LogP) is 2.06. The van der Waals surface area contributed by atoms with Gasteiger partial charge in [-0.15, -0.1) is 0 Å². The van der Waals surface area contributed by atoms with Gasteiger partial charge in [0.05, 0.1) is 5.54 Å². The van der Waals surface area contributed by atoms with E-state index in [9.17, 15) is 4.79 Å². The van der Waals surface area contributed by atoms with Crippen LogP contribution in [0.5, 0.6) is 0 Å². The predicted molar refractivity (Wildman–Crippen MR) is 64.6 cm³/mol. The molecule has 0 bridgehead atoms. The van der Waals surface area contributed by atoms with Gasteiger partial charge in [0.15, 0.2) is 0 Å². The van der Waals surface area contributed by atoms with Crippen LogP contribution in [0.25, 0.3) is 0 Å². The van der Waals surface area contributed by atoms with Crippen molar-refractivity contribution in [1.29, 1.82) is 0 Å². The number of nitrogens with one attached hydrogen (secondary N) is 1. The largest absolute Gasteiger partial charge is 0.368 e. The molecular weight excluding hydrogens is 188 g/mol. The summed E-state index contributed by atoms with van der Waals surface area (Å²) in [6, 6.07) is 0. The van der Waals surface area contributed by atoms with Crippen molar-refractivity contribution in [1.82, 2.24) is 5.32 Å². The zero-order valence-electron chi connectivity index (χ0n) is 10.6. The molecule has 0 aromatic rings. The molecule has 1 atom stereocenters. The van der Waals surface area contributed by atoms with Crippen LogP contribution < -0.4 is 11.1 Å². The van der Waals surface area contributed by atoms with Crippen LogP contribution in [0.3, 0.4) is 0 Å². The number of nitrogens with two attached hydrogens (primary N) is 1. The normalized spacial score (nSPS) is 15.3. The molecular formula is C12H26N2O. The monoisotopic (exact) mass is 214 g/mol. The van der Waals surface area contributed by atoms with Gasteiger partial charge in [0.25, 0.3) is 0 Å². The van der Waals surface area contributed by atoms with E-state index in [1.165, 1.54) is 0 Å². The number of primary amides is 1. The summed E-state index contributed by atoms with van der Waals surface area (Å²) in [5.41, 5.74) is 5.02. The Kier molecular flexibility index (Phi) is 6.57. The third-order valence-corrected chi connectivity index (χ3v) is 2.88. The Morgan fingerprint density at radius 3 is 2.33 bits per heavy atom. The van der Waals surface area contributed by atoms with Gasteiger partial charge in [-0.25, -0.2) is 0 Å². The molecule has 0 aromatic carbocycles. The summed E-state index contributed by atoms with van der Waals surface area (Å²) in [5.74, 6) is 0.330. The smallest absolute Gasteiger partial charge is 0.237 e. The van der Waals surface area contributed by atoms with Crippen molar-refractivity contribution in [2.45, 2.75) is 58.9 Å². The molecule has 3 heteroatoms. The standard InChI is InChI=1S/C12H26N2O/c1-5-7-8-12(6-2,11(13)15)14-9-10(3)4/h10,14H,5-9H2,1-4H3,(H2,13,15). The summed E-state index contributed by atoms with van der Waals surface area (Å²) in [6.45, 7) is 9.26. The average Bonchev–Trinajstić information content (AvgIpc) is 2.18. The highest BCUT2D eigenvalue weighted by atomic mass is 16.1. The van der Waals surface area contributed by atoms with Crippen LogP contribution in [0.2, 0.25) is 0 Å². The van der Waals surface area contributed by atoms with Crippen molar-refractivity contribution in [3.8, 4) is 0 Å². The number of carbonyl (C=O) groups excluding carboxylic acids is 1. The molecule has 1 unspecified atom stereocenters. The average molecular weight is 214 g/mol. The third kappa shape index (κ3) is 4.65. The highest BCUT2D eigenvalue weighted by Gasteiger charge is 2.33. The summed E-state index contributed by atoms with van der Waals surface area (Å²) in [4.78, 5) is 11.5. The van der Waals surface area contributed by atoms with Crippen molar-refractivity contribution in [2.75, 3.05) is 6.54 Å². The minimum absolute atomic E-state index is 0.209. The number of rotatable bonds is 8. The quantitative estimate of drug-likeness (QED) is 0.650. The summed E-state index contributed by atoms with van der Waals surface area (Å²) in [7, 11) is 0. The lowest BCUT2D eigenvalue weighted by Gasteiger charge is -2.31. The molecule has 0 fully saturated rings. The van der Waals surface area contributed by atoms with E-state index in [-0.39, 0.29) is 5.91 Å². The lowest BCUT2D eigenvalue weighted by Crippen LogP contribution is -2.55. The van der Waals surface area contributed by atoms with Gasteiger partial charge in [0, 0.05) is 0 Å². The van der Waals surface area contributed by atoms with Crippen LogP contribution >= 0.6 is 0 Å². The van der Waals surface area contributed by atoms with Crippen LogP contribution in [-0.2, 0) is 4.79 Å². The second-order valence-corrected chi connectivity index (χ2v) is 4.68. The van der Waals surface area contributed by atoms with E-state index in [4.69, 9.17) is 5.73 Å². The van der Waals surface area contributed by atoms with E-state index in [2.05, 4.69) is 26.1 Å². The van der Waals surface area contributed by atoms with E-state index in [1.54, 1.807) is 0 Å². The molecule has 0 saturated carbocycles. The van der Waals surface area contributed by atoms with E-state index in [1.807, 2.05) is 6.92 Å². The van der Waals surface area contributed by atoms with Gasteiger partial charge >= 0.3 is 0 Å². The Balaban J connectivity index is 4.43. The van der Waals surface area contributed by atoms with E-state index < -0.39 is 5.54 Å². The molecule has 0 radical (unpaired) electrons. The molecule has 0 heterocycles. The minimum Gasteiger partial charge on any atom is -0.368 e. The first-order chi connectivity index (χ1) is 6.98. The number of hydrogen-bond acceptors (Lipinski definition) is 2. The Hall–Kier alpha value is -0.570. The molecule has 90 valence electrons. The highest BCUT2D eigenvalue weighted by molar-refractivity contribution is 5.84. The van der Waals surface area contributed by atoms with Gasteiger partial charge in [0.2, 0.25) is 5.91 Å². The summed E-state index contributed by atoms with van der Waals surface area (Å²) < 4.78 is 0. The maximum Gasteiger partial charge on any atom is 0.237 e. The van der Waals surface area contributed by atoms with Gasteiger partial charge in [-0.05, 0) is 25.3 Å². The van der Waals surface area contributed by atoms with Crippen molar-refractivity contribution < 1.29 is 4.79 Å². The maximum atomic E-state index is 11.5. The zero-order valence-corrected chi connectivity index (χ0v) is 10.6. The molecule has 0 aliphatic heterocycles. The van der Waals surface area contributed by atoms with Gasteiger partial charge in [-0.2, -0.15) is 0 Å². The SMILES string of the molecule is CCCCC(CC)(NCC(C)C)C(N)=O. The van der Waals surface area contributed by atoms with Crippen LogP contribution in [0.15, 0.2) is 0 Å². The highest BCUT2D eigenvalue weighted by Crippen LogP contribution is 2.18. The molecule has 1 amide bonds. The van der Waals surface area contributed by atoms with Crippen LogP contribution in [-0.4, -0.2) is 18.0 Å². The first-order valence-electron chi connectivity index (χ1n) is 6.03. The van der Waals surface area contributed by atoms with Crippen molar-refractivity contribution in [2.24, 2.45) is 11.7 Å². The van der Waals surface area contributed by atoms with Gasteiger partial charge in [-0.1, -0.05) is 40.5 Å². The first-order valence-corrected chi connectivity index (χ1v) is 6.03. The van der Waals surface area contributed by atoms with E-state index in [0.717, 1.165) is 32.2 Å². The second-order valence-electron chi connectivity index (χ2n) is 4.68. The Morgan fingerprint density at radius 2 is 2.00 bits per heavy atom. The fourth-order valence-corrected chi connectivity index (χ4v) is 1.65. The number of hydrogen-bond donors (Lipinski definition) is 2. The first kappa shape index (κ1) is 14.4. The van der Waals surface area contributed by atoms with Gasteiger partial charge in [-0.3, -0.25) is 4.79 Å². The second kappa shape index (κ2) is 6.83. The van der Waals surface area contributed by atoms with Gasteiger partial charge in [0.1, 0.15) is 0 Å². The third-order valence-electron chi connectivity index (χ3n) is 2.88. The molecule has 3 N–H and O–H groups in total. The van der Waals surface area contributed by atoms with Crippen LogP contribution in [0.1, 0.15) is 53.4 Å². The van der Waals surface area contributed by atoms with E-state index >= 15 is 0 Å². The van der Waals surface area contributed by atoms with Crippen LogP contribution in [0.4, 0.5) is 0 Å². The van der Waals surface area contributed by atoms with Crippen molar-refractivity contribution >= 4 is 5.91 Å². The molecule has 15 heavy (non-hydrogen) atoms. The van der Waals surface area contributed by atoms with E-state index in [0.29, 0.717) is 5.92 Å². The molecule has 0 spiro atoms. The Bertz CT molecular complexity index is 192. The Labute approximate surface area is 93.8 Å². The lowest BCUT2D eigenvalue weighted by molar-refractivity contribution is -0.125. The molecule has 0 aliphatic rings. The number of carbonyl (C=O) groups is 1. The van der Waals surface area contributed by atoms with Crippen LogP contribution in [0, 0.1) is 5.92 Å². The Morgan fingerprint density at radius 1 is 1.40 bits per heavy atom. The molecule has 0 saturated heterocycles. The minimum atomic E-state index is -0.486. The molecule has 3 nitrogen and oxygen atoms in total. The topological polar surface area (TPSA) is 55.1 Å². The summed E-state index contributed by atoms with van der Waals surface area (Å²) in [6.07, 6.45) is 3.76. The zero-order chi connectivity index (χ0) is 11.9. The lowest BCUT2D eigenvalue weighted by atomic mass is 9.88.